The minimum absolute atomic E-state index is 0.479. The topological polar surface area (TPSA) is 57.5 Å². The van der Waals surface area contributed by atoms with Crippen LogP contribution >= 0.6 is 0 Å². The molecule has 0 heterocycles. The Morgan fingerprint density at radius 2 is 2.11 bits per heavy atom. The first-order valence-corrected chi connectivity index (χ1v) is 3.00. The molecule has 0 saturated heterocycles. The third-order valence-electron chi connectivity index (χ3n) is 1.34. The molecule has 9 heavy (non-hydrogen) atoms. The van der Waals surface area contributed by atoms with E-state index < -0.39 is 18.0 Å². The van der Waals surface area contributed by atoms with E-state index in [0.717, 1.165) is 0 Å². The smallest absolute Gasteiger partial charge is 0.309 e. The molecular formula is C6H12O3. The van der Waals surface area contributed by atoms with Gasteiger partial charge in [-0.2, -0.15) is 0 Å². The molecule has 0 aliphatic rings. The highest BCUT2D eigenvalue weighted by molar-refractivity contribution is 5.70. The molecule has 1 unspecified atom stereocenters. The van der Waals surface area contributed by atoms with E-state index in [0.29, 0.717) is 6.42 Å². The van der Waals surface area contributed by atoms with Crippen LogP contribution < -0.4 is 0 Å². The number of rotatable bonds is 3. The lowest BCUT2D eigenvalue weighted by Crippen LogP contribution is -2.24. The maximum atomic E-state index is 10.2. The Morgan fingerprint density at radius 3 is 2.11 bits per heavy atom. The molecule has 0 aromatic rings. The van der Waals surface area contributed by atoms with Gasteiger partial charge in [-0.05, 0) is 13.3 Å². The predicted molar refractivity (Wildman–Crippen MR) is 33.1 cm³/mol. The zero-order valence-corrected chi connectivity index (χ0v) is 5.66. The fraction of sp³-hybridized carbons (Fsp3) is 0.833. The molecule has 0 bridgehead atoms. The van der Waals surface area contributed by atoms with Crippen LogP contribution in [0.15, 0.2) is 0 Å². The number of aliphatic hydroxyl groups excluding tert-OH is 1. The lowest BCUT2D eigenvalue weighted by Gasteiger charge is -2.11. The van der Waals surface area contributed by atoms with E-state index in [4.69, 9.17) is 10.2 Å². The quantitative estimate of drug-likeness (QED) is 0.587. The monoisotopic (exact) mass is 132 g/mol. The third kappa shape index (κ3) is 2.46. The van der Waals surface area contributed by atoms with E-state index in [-0.39, 0.29) is 0 Å². The minimum Gasteiger partial charge on any atom is -0.481 e. The maximum absolute atomic E-state index is 10.2. The molecule has 0 saturated carbocycles. The van der Waals surface area contributed by atoms with Crippen molar-refractivity contribution < 1.29 is 15.0 Å². The van der Waals surface area contributed by atoms with Crippen molar-refractivity contribution >= 4 is 5.97 Å². The van der Waals surface area contributed by atoms with Crippen molar-refractivity contribution in [2.24, 2.45) is 5.92 Å². The largest absolute Gasteiger partial charge is 0.481 e. The normalized spacial score (nSPS) is 16.8. The van der Waals surface area contributed by atoms with Gasteiger partial charge in [0.05, 0.1) is 12.0 Å². The second-order valence-corrected chi connectivity index (χ2v) is 2.09. The number of carbonyl (C=O) groups is 1. The summed E-state index contributed by atoms with van der Waals surface area (Å²) in [4.78, 5) is 10.2. The molecule has 0 amide bonds. The van der Waals surface area contributed by atoms with Gasteiger partial charge < -0.3 is 10.2 Å². The molecule has 0 aromatic heterocycles. The third-order valence-corrected chi connectivity index (χ3v) is 1.34. The molecule has 0 spiro atoms. The summed E-state index contributed by atoms with van der Waals surface area (Å²) in [5, 5.41) is 17.2. The van der Waals surface area contributed by atoms with Crippen molar-refractivity contribution in [2.45, 2.75) is 26.4 Å². The molecule has 54 valence electrons. The van der Waals surface area contributed by atoms with Crippen molar-refractivity contribution in [1.29, 1.82) is 0 Å². The van der Waals surface area contributed by atoms with Crippen LogP contribution in [0.4, 0.5) is 0 Å². The molecule has 0 radical (unpaired) electrons. The predicted octanol–water partition coefficient (Wildman–Crippen LogP) is 0.478. The zero-order chi connectivity index (χ0) is 7.44. The highest BCUT2D eigenvalue weighted by Crippen LogP contribution is 2.07. The van der Waals surface area contributed by atoms with Crippen LogP contribution in [0.25, 0.3) is 0 Å². The number of hydrogen-bond donors (Lipinski definition) is 2. The second-order valence-electron chi connectivity index (χ2n) is 2.09. The highest BCUT2D eigenvalue weighted by Gasteiger charge is 2.19. The Balaban J connectivity index is 3.83. The summed E-state index contributed by atoms with van der Waals surface area (Å²) in [5.41, 5.74) is 0. The SMILES string of the molecule is CCC(C(=O)O)[C@H](C)O. The molecule has 0 fully saturated rings. The number of aliphatic hydroxyl groups is 1. The van der Waals surface area contributed by atoms with E-state index >= 15 is 0 Å². The average molecular weight is 132 g/mol. The van der Waals surface area contributed by atoms with Gasteiger partial charge in [-0.1, -0.05) is 6.92 Å². The highest BCUT2D eigenvalue weighted by atomic mass is 16.4. The van der Waals surface area contributed by atoms with E-state index in [1.807, 2.05) is 0 Å². The standard InChI is InChI=1S/C6H12O3/c1-3-5(4(2)7)6(8)9/h4-5,7H,3H2,1-2H3,(H,8,9)/t4-,5?/m0/s1. The van der Waals surface area contributed by atoms with Gasteiger partial charge in [-0.3, -0.25) is 4.79 Å². The van der Waals surface area contributed by atoms with E-state index in [2.05, 4.69) is 0 Å². The summed E-state index contributed by atoms with van der Waals surface area (Å²) in [6.07, 6.45) is -0.264. The summed E-state index contributed by atoms with van der Waals surface area (Å²) < 4.78 is 0. The summed E-state index contributed by atoms with van der Waals surface area (Å²) in [6, 6.07) is 0. The van der Waals surface area contributed by atoms with Crippen LogP contribution in [0.3, 0.4) is 0 Å². The van der Waals surface area contributed by atoms with Crippen molar-refractivity contribution in [3.63, 3.8) is 0 Å². The minimum atomic E-state index is -0.924. The molecular weight excluding hydrogens is 120 g/mol. The van der Waals surface area contributed by atoms with Gasteiger partial charge in [-0.25, -0.2) is 0 Å². The molecule has 0 aliphatic heterocycles. The average Bonchev–Trinajstić information content (AvgIpc) is 1.64. The van der Waals surface area contributed by atoms with Crippen LogP contribution in [0.5, 0.6) is 0 Å². The fourth-order valence-corrected chi connectivity index (χ4v) is 0.722. The number of carboxylic acids is 1. The van der Waals surface area contributed by atoms with Gasteiger partial charge in [0.25, 0.3) is 0 Å². The molecule has 2 N–H and O–H groups in total. The fourth-order valence-electron chi connectivity index (χ4n) is 0.722. The van der Waals surface area contributed by atoms with Crippen molar-refractivity contribution in [3.05, 3.63) is 0 Å². The van der Waals surface area contributed by atoms with E-state index in [9.17, 15) is 4.79 Å². The van der Waals surface area contributed by atoms with Gasteiger partial charge in [0.1, 0.15) is 0 Å². The summed E-state index contributed by atoms with van der Waals surface area (Å²) in [5.74, 6) is -1.53. The summed E-state index contributed by atoms with van der Waals surface area (Å²) >= 11 is 0. The van der Waals surface area contributed by atoms with E-state index in [1.54, 1.807) is 6.92 Å². The molecule has 0 aliphatic carbocycles. The first kappa shape index (κ1) is 8.43. The van der Waals surface area contributed by atoms with Gasteiger partial charge in [0.2, 0.25) is 0 Å². The molecule has 0 rings (SSSR count). The van der Waals surface area contributed by atoms with Crippen LogP contribution in [0.2, 0.25) is 0 Å². The van der Waals surface area contributed by atoms with Gasteiger partial charge in [0, 0.05) is 0 Å². The first-order valence-electron chi connectivity index (χ1n) is 3.00. The van der Waals surface area contributed by atoms with Gasteiger partial charge >= 0.3 is 5.97 Å². The molecule has 3 nitrogen and oxygen atoms in total. The Bertz CT molecular complexity index is 98.5. The Labute approximate surface area is 54.3 Å². The number of aliphatic carboxylic acids is 1. The van der Waals surface area contributed by atoms with Crippen molar-refractivity contribution in [3.8, 4) is 0 Å². The lowest BCUT2D eigenvalue weighted by molar-refractivity contribution is -0.145. The lowest BCUT2D eigenvalue weighted by atomic mass is 10.0. The van der Waals surface area contributed by atoms with E-state index in [1.165, 1.54) is 6.92 Å². The van der Waals surface area contributed by atoms with Crippen molar-refractivity contribution in [2.75, 3.05) is 0 Å². The van der Waals surface area contributed by atoms with Gasteiger partial charge in [-0.15, -0.1) is 0 Å². The van der Waals surface area contributed by atoms with Crippen LogP contribution in [-0.2, 0) is 4.79 Å². The van der Waals surface area contributed by atoms with Gasteiger partial charge in [0.15, 0.2) is 0 Å². The first-order chi connectivity index (χ1) is 4.09. The zero-order valence-electron chi connectivity index (χ0n) is 5.66. The number of hydrogen-bond acceptors (Lipinski definition) is 2. The molecule has 0 aromatic carbocycles. The van der Waals surface area contributed by atoms with Crippen LogP contribution in [-0.4, -0.2) is 22.3 Å². The Hall–Kier alpha value is -0.570. The summed E-state index contributed by atoms with van der Waals surface area (Å²) in [7, 11) is 0. The van der Waals surface area contributed by atoms with Crippen LogP contribution in [0, 0.1) is 5.92 Å². The second kappa shape index (κ2) is 3.45. The van der Waals surface area contributed by atoms with Crippen LogP contribution in [0.1, 0.15) is 20.3 Å². The number of carboxylic acid groups (broad SMARTS) is 1. The maximum Gasteiger partial charge on any atom is 0.309 e. The Kier molecular flexibility index (Phi) is 3.24. The summed E-state index contributed by atoms with van der Waals surface area (Å²) in [6.45, 7) is 3.23. The van der Waals surface area contributed by atoms with Crippen molar-refractivity contribution in [1.82, 2.24) is 0 Å². The molecule has 3 heteroatoms. The Morgan fingerprint density at radius 1 is 1.67 bits per heavy atom. The molecule has 2 atom stereocenters.